The molecule has 0 aliphatic rings. The smallest absolute Gasteiger partial charge is 0.0891 e. The summed E-state index contributed by atoms with van der Waals surface area (Å²) in [6.07, 6.45) is 0. The van der Waals surface area contributed by atoms with Crippen LogP contribution in [0.1, 0.15) is 11.1 Å². The van der Waals surface area contributed by atoms with Crippen molar-refractivity contribution in [1.82, 2.24) is 0 Å². The predicted molar refractivity (Wildman–Crippen MR) is 44.5 cm³/mol. The van der Waals surface area contributed by atoms with Gasteiger partial charge in [-0.2, -0.15) is 0 Å². The zero-order valence-electron chi connectivity index (χ0n) is 5.70. The first-order valence-corrected chi connectivity index (χ1v) is 3.82. The highest BCUT2D eigenvalue weighted by Crippen LogP contribution is 1.98. The van der Waals surface area contributed by atoms with Crippen LogP contribution in [0.25, 0.3) is 0 Å². The van der Waals surface area contributed by atoms with Gasteiger partial charge in [0.2, 0.25) is 0 Å². The van der Waals surface area contributed by atoms with E-state index in [0.717, 1.165) is 5.56 Å². The second-order valence-corrected chi connectivity index (χ2v) is 2.55. The molecule has 1 rings (SSSR count). The lowest BCUT2D eigenvalue weighted by molar-refractivity contribution is 0.701. The molecule has 10 heavy (non-hydrogen) atoms. The van der Waals surface area contributed by atoms with Crippen LogP contribution in [0.4, 0.5) is 0 Å². The molecule has 0 amide bonds. The van der Waals surface area contributed by atoms with Gasteiger partial charge in [0.25, 0.3) is 0 Å². The molecule has 0 unspecified atom stereocenters. The van der Waals surface area contributed by atoms with Crippen molar-refractivity contribution in [3.63, 3.8) is 0 Å². The zero-order valence-corrected chi connectivity index (χ0v) is 6.52. The summed E-state index contributed by atoms with van der Waals surface area (Å²) in [5, 5.41) is 1.58. The van der Waals surface area contributed by atoms with E-state index in [1.54, 1.807) is 5.37 Å². The largest absolute Gasteiger partial charge is 0.212 e. The van der Waals surface area contributed by atoms with Crippen LogP contribution in [0, 0.1) is 6.92 Å². The molecule has 0 spiro atoms. The van der Waals surface area contributed by atoms with Gasteiger partial charge in [-0.1, -0.05) is 29.8 Å². The summed E-state index contributed by atoms with van der Waals surface area (Å²) in [4.78, 5) is 0. The van der Waals surface area contributed by atoms with Crippen molar-refractivity contribution < 1.29 is 4.21 Å². The first kappa shape index (κ1) is 7.22. The molecular formula is C8H8OS. The van der Waals surface area contributed by atoms with Gasteiger partial charge >= 0.3 is 0 Å². The molecule has 1 aromatic rings. The monoisotopic (exact) mass is 152 g/mol. The van der Waals surface area contributed by atoms with E-state index in [0.29, 0.717) is 11.3 Å². The van der Waals surface area contributed by atoms with Crippen LogP contribution < -0.4 is 0 Å². The van der Waals surface area contributed by atoms with Crippen LogP contribution in [0.5, 0.6) is 0 Å². The first-order valence-electron chi connectivity index (χ1n) is 3.01. The van der Waals surface area contributed by atoms with Crippen LogP contribution in [0.3, 0.4) is 0 Å². The maximum atomic E-state index is 10.0. The van der Waals surface area contributed by atoms with Gasteiger partial charge in [-0.15, -0.1) is 0 Å². The Kier molecular flexibility index (Phi) is 2.40. The van der Waals surface area contributed by atoms with E-state index in [1.807, 2.05) is 31.2 Å². The topological polar surface area (TPSA) is 17.1 Å². The summed E-state index contributed by atoms with van der Waals surface area (Å²) in [5.41, 5.74) is 2.19. The SMILES string of the molecule is Cc1ccc(C=S=O)cc1. The average molecular weight is 152 g/mol. The molecule has 2 heteroatoms. The van der Waals surface area contributed by atoms with Gasteiger partial charge < -0.3 is 0 Å². The van der Waals surface area contributed by atoms with Crippen LogP contribution in [-0.2, 0) is 11.3 Å². The standard InChI is InChI=1S/C8H8OS/c1-7-2-4-8(5-3-7)6-10-9/h2-6H,1H3. The van der Waals surface area contributed by atoms with E-state index in [2.05, 4.69) is 0 Å². The quantitative estimate of drug-likeness (QED) is 0.555. The molecule has 0 aliphatic carbocycles. The molecule has 1 nitrogen and oxygen atoms in total. The summed E-state index contributed by atoms with van der Waals surface area (Å²) in [7, 11) is 0. The van der Waals surface area contributed by atoms with Crippen molar-refractivity contribution in [2.75, 3.05) is 0 Å². The third kappa shape index (κ3) is 1.81. The predicted octanol–water partition coefficient (Wildman–Crippen LogP) is 1.36. The number of benzene rings is 1. The highest BCUT2D eigenvalue weighted by atomic mass is 32.1. The molecule has 0 N–H and O–H groups in total. The summed E-state index contributed by atoms with van der Waals surface area (Å²) in [6.45, 7) is 2.02. The summed E-state index contributed by atoms with van der Waals surface area (Å²) in [6, 6.07) is 7.84. The molecule has 0 aromatic heterocycles. The van der Waals surface area contributed by atoms with Crippen LogP contribution in [0.2, 0.25) is 0 Å². The minimum atomic E-state index is 0.486. The Bertz CT molecular complexity index is 257. The van der Waals surface area contributed by atoms with Crippen LogP contribution in [-0.4, -0.2) is 9.58 Å². The van der Waals surface area contributed by atoms with Gasteiger partial charge in [0.15, 0.2) is 0 Å². The van der Waals surface area contributed by atoms with Crippen molar-refractivity contribution in [2.24, 2.45) is 0 Å². The minimum absolute atomic E-state index is 0.486. The van der Waals surface area contributed by atoms with Crippen molar-refractivity contribution in [2.45, 2.75) is 6.92 Å². The van der Waals surface area contributed by atoms with E-state index in [1.165, 1.54) is 5.56 Å². The molecule has 1 aromatic carbocycles. The second kappa shape index (κ2) is 3.32. The molecule has 0 saturated heterocycles. The van der Waals surface area contributed by atoms with E-state index in [9.17, 15) is 4.21 Å². The highest BCUT2D eigenvalue weighted by Gasteiger charge is 1.84. The molecule has 0 atom stereocenters. The molecule has 0 bridgehead atoms. The van der Waals surface area contributed by atoms with Gasteiger partial charge in [-0.25, -0.2) is 4.21 Å². The van der Waals surface area contributed by atoms with Gasteiger partial charge in [0.05, 0.1) is 11.3 Å². The van der Waals surface area contributed by atoms with Gasteiger partial charge in [-0.05, 0) is 12.5 Å². The van der Waals surface area contributed by atoms with Crippen molar-refractivity contribution in [3.8, 4) is 0 Å². The Labute approximate surface area is 63.8 Å². The van der Waals surface area contributed by atoms with E-state index in [4.69, 9.17) is 0 Å². The maximum Gasteiger partial charge on any atom is 0.0891 e. The Morgan fingerprint density at radius 1 is 1.30 bits per heavy atom. The minimum Gasteiger partial charge on any atom is -0.212 e. The average Bonchev–Trinajstić information content (AvgIpc) is 1.95. The molecule has 0 radical (unpaired) electrons. The molecular weight excluding hydrogens is 144 g/mol. The summed E-state index contributed by atoms with van der Waals surface area (Å²) in [5.74, 6) is 0. The lowest BCUT2D eigenvalue weighted by atomic mass is 10.2. The Balaban J connectivity index is 3.00. The normalized spacial score (nSPS) is 8.90. The number of hydrogen-bond donors (Lipinski definition) is 0. The molecule has 0 fully saturated rings. The summed E-state index contributed by atoms with van der Waals surface area (Å²) >= 11 is 0.486. The van der Waals surface area contributed by atoms with Crippen molar-refractivity contribution >= 4 is 16.6 Å². The lowest BCUT2D eigenvalue weighted by Gasteiger charge is -1.90. The van der Waals surface area contributed by atoms with Gasteiger partial charge in [0, 0.05) is 5.37 Å². The molecule has 0 saturated carbocycles. The van der Waals surface area contributed by atoms with Gasteiger partial charge in [0.1, 0.15) is 0 Å². The lowest BCUT2D eigenvalue weighted by Crippen LogP contribution is -1.78. The molecule has 0 aliphatic heterocycles. The van der Waals surface area contributed by atoms with E-state index >= 15 is 0 Å². The first-order chi connectivity index (χ1) is 4.83. The van der Waals surface area contributed by atoms with Crippen LogP contribution in [0.15, 0.2) is 24.3 Å². The fraction of sp³-hybridized carbons (Fsp3) is 0.125. The Morgan fingerprint density at radius 3 is 2.40 bits per heavy atom. The second-order valence-electron chi connectivity index (χ2n) is 2.12. The fourth-order valence-corrected chi connectivity index (χ4v) is 0.969. The third-order valence-corrected chi connectivity index (χ3v) is 1.63. The maximum absolute atomic E-state index is 10.0. The Hall–Kier alpha value is -0.890. The number of aryl methyl sites for hydroxylation is 1. The van der Waals surface area contributed by atoms with Gasteiger partial charge in [-0.3, -0.25) is 0 Å². The van der Waals surface area contributed by atoms with E-state index in [-0.39, 0.29) is 0 Å². The third-order valence-electron chi connectivity index (χ3n) is 1.26. The van der Waals surface area contributed by atoms with E-state index < -0.39 is 0 Å². The highest BCUT2D eigenvalue weighted by molar-refractivity contribution is 7.65. The molecule has 0 heterocycles. The van der Waals surface area contributed by atoms with Crippen molar-refractivity contribution in [1.29, 1.82) is 0 Å². The molecule has 52 valence electrons. The number of rotatable bonds is 1. The van der Waals surface area contributed by atoms with Crippen LogP contribution >= 0.6 is 0 Å². The zero-order chi connectivity index (χ0) is 7.40. The summed E-state index contributed by atoms with van der Waals surface area (Å²) < 4.78 is 10.0. The Morgan fingerprint density at radius 2 is 1.90 bits per heavy atom. The van der Waals surface area contributed by atoms with Crippen molar-refractivity contribution in [3.05, 3.63) is 35.4 Å². The number of hydrogen-bond acceptors (Lipinski definition) is 1. The fourth-order valence-electron chi connectivity index (χ4n) is 0.701.